The van der Waals surface area contributed by atoms with E-state index in [2.05, 4.69) is 5.32 Å². The molecule has 0 unspecified atom stereocenters. The van der Waals surface area contributed by atoms with E-state index in [9.17, 15) is 9.90 Å². The summed E-state index contributed by atoms with van der Waals surface area (Å²) in [6, 6.07) is 4.02. The molecule has 0 aliphatic carbocycles. The van der Waals surface area contributed by atoms with Gasteiger partial charge in [-0.2, -0.15) is 0 Å². The first-order chi connectivity index (χ1) is 8.25. The summed E-state index contributed by atoms with van der Waals surface area (Å²) < 4.78 is 4.92. The second-order valence-corrected chi connectivity index (χ2v) is 5.22. The lowest BCUT2D eigenvalue weighted by molar-refractivity contribution is -0.119. The molecule has 1 rings (SSSR count). The molecule has 0 bridgehead atoms. The smallest absolute Gasteiger partial charge is 0.241 e. The molecule has 0 heterocycles. The number of nitrogens with two attached hydrogens (primary N) is 1. The minimum absolute atomic E-state index is 0.0281. The first-order valence-corrected chi connectivity index (χ1v) is 5.69. The van der Waals surface area contributed by atoms with Gasteiger partial charge in [-0.05, 0) is 17.5 Å². The fourth-order valence-electron chi connectivity index (χ4n) is 1.38. The van der Waals surface area contributed by atoms with Gasteiger partial charge in [-0.15, -0.1) is 0 Å². The number of hydrogen-bond donors (Lipinski definition) is 3. The van der Waals surface area contributed by atoms with Gasteiger partial charge in [-0.1, -0.05) is 20.8 Å². The molecule has 0 aliphatic rings. The molecule has 18 heavy (non-hydrogen) atoms. The van der Waals surface area contributed by atoms with Crippen molar-refractivity contribution in [3.8, 4) is 11.5 Å². The Labute approximate surface area is 107 Å². The van der Waals surface area contributed by atoms with Crippen molar-refractivity contribution in [3.05, 3.63) is 18.2 Å². The molecule has 0 saturated carbocycles. The van der Waals surface area contributed by atoms with Crippen LogP contribution >= 0.6 is 0 Å². The average Bonchev–Trinajstić information content (AvgIpc) is 2.27. The van der Waals surface area contributed by atoms with Gasteiger partial charge in [0, 0.05) is 11.8 Å². The zero-order chi connectivity index (χ0) is 13.9. The zero-order valence-electron chi connectivity index (χ0n) is 11.2. The number of phenolic OH excluding ortho intramolecular Hbond substituents is 1. The van der Waals surface area contributed by atoms with Crippen molar-refractivity contribution in [2.45, 2.75) is 26.8 Å². The van der Waals surface area contributed by atoms with Gasteiger partial charge in [0.25, 0.3) is 0 Å². The third-order valence-corrected chi connectivity index (χ3v) is 2.66. The fourth-order valence-corrected chi connectivity index (χ4v) is 1.38. The number of carbonyl (C=O) groups is 1. The summed E-state index contributed by atoms with van der Waals surface area (Å²) in [5.41, 5.74) is 6.00. The Hall–Kier alpha value is -1.75. The second-order valence-electron chi connectivity index (χ2n) is 5.22. The lowest BCUT2D eigenvalue weighted by Gasteiger charge is -2.25. The molecular formula is C13H20N2O3. The average molecular weight is 252 g/mol. The summed E-state index contributed by atoms with van der Waals surface area (Å²) >= 11 is 0. The minimum Gasteiger partial charge on any atom is -0.504 e. The maximum Gasteiger partial charge on any atom is 0.241 e. The number of amides is 1. The van der Waals surface area contributed by atoms with Gasteiger partial charge in [0.05, 0.1) is 13.2 Å². The van der Waals surface area contributed by atoms with Crippen molar-refractivity contribution in [1.29, 1.82) is 0 Å². The Balaban J connectivity index is 2.80. The summed E-state index contributed by atoms with van der Waals surface area (Å²) in [7, 11) is 1.46. The van der Waals surface area contributed by atoms with Gasteiger partial charge < -0.3 is 20.9 Å². The van der Waals surface area contributed by atoms with Crippen LogP contribution in [0.2, 0.25) is 0 Å². The molecular weight excluding hydrogens is 232 g/mol. The monoisotopic (exact) mass is 252 g/mol. The van der Waals surface area contributed by atoms with E-state index in [1.807, 2.05) is 20.8 Å². The molecule has 0 aromatic heterocycles. The molecule has 0 radical (unpaired) electrons. The molecule has 1 atom stereocenters. The fraction of sp³-hybridized carbons (Fsp3) is 0.462. The number of rotatable bonds is 3. The Kier molecular flexibility index (Phi) is 4.19. The number of nitrogens with one attached hydrogen (secondary N) is 1. The normalized spacial score (nSPS) is 12.9. The van der Waals surface area contributed by atoms with Crippen molar-refractivity contribution < 1.29 is 14.6 Å². The predicted octanol–water partition coefficient (Wildman–Crippen LogP) is 1.71. The van der Waals surface area contributed by atoms with Gasteiger partial charge in [0.2, 0.25) is 5.91 Å². The lowest BCUT2D eigenvalue weighted by Crippen LogP contribution is -2.45. The van der Waals surface area contributed by atoms with E-state index in [0.29, 0.717) is 11.4 Å². The van der Waals surface area contributed by atoms with Crippen molar-refractivity contribution in [2.75, 3.05) is 12.4 Å². The van der Waals surface area contributed by atoms with Gasteiger partial charge >= 0.3 is 0 Å². The first-order valence-electron chi connectivity index (χ1n) is 5.69. The molecule has 0 spiro atoms. The maximum atomic E-state index is 11.9. The highest BCUT2D eigenvalue weighted by molar-refractivity contribution is 5.95. The standard InChI is InChI=1S/C13H20N2O3/c1-13(2,3)11(14)12(17)15-8-5-6-10(18-4)9(16)7-8/h5-7,11,16H,14H2,1-4H3,(H,15,17)/t11-/m1/s1. The molecule has 100 valence electrons. The summed E-state index contributed by atoms with van der Waals surface area (Å²) in [6.45, 7) is 5.67. The Morgan fingerprint density at radius 1 is 1.44 bits per heavy atom. The molecule has 4 N–H and O–H groups in total. The van der Waals surface area contributed by atoms with E-state index >= 15 is 0 Å². The third-order valence-electron chi connectivity index (χ3n) is 2.66. The number of methoxy groups -OCH3 is 1. The van der Waals surface area contributed by atoms with Crippen LogP contribution in [-0.4, -0.2) is 24.2 Å². The molecule has 1 aromatic carbocycles. The topological polar surface area (TPSA) is 84.6 Å². The van der Waals surface area contributed by atoms with Crippen LogP contribution in [0.15, 0.2) is 18.2 Å². The molecule has 1 aromatic rings. The summed E-state index contributed by atoms with van der Waals surface area (Å²) in [6.07, 6.45) is 0. The second kappa shape index (κ2) is 5.27. The van der Waals surface area contributed by atoms with Crippen molar-refractivity contribution in [2.24, 2.45) is 11.1 Å². The Morgan fingerprint density at radius 3 is 2.50 bits per heavy atom. The summed E-state index contributed by atoms with van der Waals surface area (Å²) in [5, 5.41) is 12.3. The van der Waals surface area contributed by atoms with Crippen LogP contribution in [0.3, 0.4) is 0 Å². The Bertz CT molecular complexity index is 438. The maximum absolute atomic E-state index is 11.9. The summed E-state index contributed by atoms with van der Waals surface area (Å²) in [5.74, 6) is 0.0415. The highest BCUT2D eigenvalue weighted by Gasteiger charge is 2.27. The largest absolute Gasteiger partial charge is 0.504 e. The number of aromatic hydroxyl groups is 1. The first kappa shape index (κ1) is 14.3. The van der Waals surface area contributed by atoms with E-state index in [1.54, 1.807) is 12.1 Å². The number of anilines is 1. The van der Waals surface area contributed by atoms with Crippen molar-refractivity contribution in [3.63, 3.8) is 0 Å². The van der Waals surface area contributed by atoms with Crippen LogP contribution in [-0.2, 0) is 4.79 Å². The number of carbonyl (C=O) groups excluding carboxylic acids is 1. The van der Waals surface area contributed by atoms with E-state index in [0.717, 1.165) is 0 Å². The summed E-state index contributed by atoms with van der Waals surface area (Å²) in [4.78, 5) is 11.9. The highest BCUT2D eigenvalue weighted by Crippen LogP contribution is 2.29. The van der Waals surface area contributed by atoms with Crippen LogP contribution in [0.1, 0.15) is 20.8 Å². The molecule has 5 nitrogen and oxygen atoms in total. The molecule has 0 saturated heterocycles. The number of hydrogen-bond acceptors (Lipinski definition) is 4. The molecule has 0 aliphatic heterocycles. The van der Waals surface area contributed by atoms with Crippen molar-refractivity contribution in [1.82, 2.24) is 0 Å². The molecule has 1 amide bonds. The van der Waals surface area contributed by atoms with E-state index in [1.165, 1.54) is 13.2 Å². The van der Waals surface area contributed by atoms with E-state index in [4.69, 9.17) is 10.5 Å². The van der Waals surface area contributed by atoms with Crippen LogP contribution in [0.5, 0.6) is 11.5 Å². The third kappa shape index (κ3) is 3.37. The quantitative estimate of drug-likeness (QED) is 0.764. The molecule has 0 fully saturated rings. The van der Waals surface area contributed by atoms with Crippen LogP contribution in [0.25, 0.3) is 0 Å². The van der Waals surface area contributed by atoms with Gasteiger partial charge in [0.15, 0.2) is 11.5 Å². The van der Waals surface area contributed by atoms with Crippen LogP contribution < -0.4 is 15.8 Å². The predicted molar refractivity (Wildman–Crippen MR) is 70.7 cm³/mol. The van der Waals surface area contributed by atoms with Gasteiger partial charge in [-0.25, -0.2) is 0 Å². The van der Waals surface area contributed by atoms with E-state index < -0.39 is 6.04 Å². The van der Waals surface area contributed by atoms with Crippen LogP contribution in [0.4, 0.5) is 5.69 Å². The zero-order valence-corrected chi connectivity index (χ0v) is 11.2. The number of phenols is 1. The van der Waals surface area contributed by atoms with Gasteiger partial charge in [0.1, 0.15) is 0 Å². The van der Waals surface area contributed by atoms with Crippen LogP contribution in [0, 0.1) is 5.41 Å². The van der Waals surface area contributed by atoms with E-state index in [-0.39, 0.29) is 17.1 Å². The minimum atomic E-state index is -0.623. The van der Waals surface area contributed by atoms with Crippen molar-refractivity contribution >= 4 is 11.6 Å². The number of ether oxygens (including phenoxy) is 1. The number of benzene rings is 1. The Morgan fingerprint density at radius 2 is 2.06 bits per heavy atom. The SMILES string of the molecule is COc1ccc(NC(=O)[C@@H](N)C(C)(C)C)cc1O. The highest BCUT2D eigenvalue weighted by atomic mass is 16.5. The lowest BCUT2D eigenvalue weighted by atomic mass is 9.87. The van der Waals surface area contributed by atoms with Gasteiger partial charge in [-0.3, -0.25) is 4.79 Å². The molecule has 5 heteroatoms.